The van der Waals surface area contributed by atoms with Crippen LogP contribution in [-0.2, 0) is 9.84 Å². The fourth-order valence-electron chi connectivity index (χ4n) is 1.17. The van der Waals surface area contributed by atoms with E-state index in [0.29, 0.717) is 5.56 Å². The van der Waals surface area contributed by atoms with Gasteiger partial charge in [0.15, 0.2) is 9.84 Å². The van der Waals surface area contributed by atoms with E-state index in [0.717, 1.165) is 12.3 Å². The Morgan fingerprint density at radius 1 is 1.47 bits per heavy atom. The summed E-state index contributed by atoms with van der Waals surface area (Å²) in [6.45, 7) is 1.47. The summed E-state index contributed by atoms with van der Waals surface area (Å²) in [5.41, 5.74) is 0.326. The highest BCUT2D eigenvalue weighted by molar-refractivity contribution is 9.10. The van der Waals surface area contributed by atoms with Crippen LogP contribution in [0.25, 0.3) is 0 Å². The van der Waals surface area contributed by atoms with Crippen molar-refractivity contribution in [3.05, 3.63) is 28.0 Å². The van der Waals surface area contributed by atoms with Crippen molar-refractivity contribution in [1.29, 1.82) is 0 Å². The van der Waals surface area contributed by atoms with Gasteiger partial charge in [0.25, 0.3) is 0 Å². The lowest BCUT2D eigenvalue weighted by Crippen LogP contribution is -2.04. The molecule has 0 spiro atoms. The summed E-state index contributed by atoms with van der Waals surface area (Å²) in [5.74, 6) is -0.859. The summed E-state index contributed by atoms with van der Waals surface area (Å²) in [7, 11) is -3.61. The zero-order valence-electron chi connectivity index (χ0n) is 8.16. The summed E-state index contributed by atoms with van der Waals surface area (Å²) in [6, 6.07) is 2.41. The normalized spacial score (nSPS) is 13.9. The maximum absolute atomic E-state index is 13.4. The molecule has 0 radical (unpaired) electrons. The van der Waals surface area contributed by atoms with Gasteiger partial charge in [-0.25, -0.2) is 12.8 Å². The van der Waals surface area contributed by atoms with Crippen LogP contribution in [0, 0.1) is 5.82 Å². The number of aliphatic hydroxyl groups is 1. The fraction of sp³-hybridized carbons (Fsp3) is 0.333. The minimum absolute atomic E-state index is 0.126. The second-order valence-corrected chi connectivity index (χ2v) is 6.07. The van der Waals surface area contributed by atoms with Crippen molar-refractivity contribution >= 4 is 25.8 Å². The van der Waals surface area contributed by atoms with Crippen LogP contribution in [-0.4, -0.2) is 19.8 Å². The number of aliphatic hydroxyl groups excluding tert-OH is 1. The molecule has 0 fully saturated rings. The van der Waals surface area contributed by atoms with E-state index in [1.807, 2.05) is 0 Å². The van der Waals surface area contributed by atoms with E-state index in [1.165, 1.54) is 13.0 Å². The molecule has 15 heavy (non-hydrogen) atoms. The summed E-state index contributed by atoms with van der Waals surface area (Å²) in [4.78, 5) is -0.383. The van der Waals surface area contributed by atoms with E-state index in [4.69, 9.17) is 0 Å². The Morgan fingerprint density at radius 3 is 2.33 bits per heavy atom. The van der Waals surface area contributed by atoms with Crippen molar-refractivity contribution in [1.82, 2.24) is 0 Å². The molecule has 0 aliphatic rings. The van der Waals surface area contributed by atoms with Gasteiger partial charge in [0.2, 0.25) is 0 Å². The molecule has 84 valence electrons. The molecular formula is C9H10BrFO3S. The average Bonchev–Trinajstić information content (AvgIpc) is 1.99. The minimum Gasteiger partial charge on any atom is -0.389 e. The lowest BCUT2D eigenvalue weighted by molar-refractivity contribution is 0.198. The Balaban J connectivity index is 3.48. The lowest BCUT2D eigenvalue weighted by Gasteiger charge is -2.09. The van der Waals surface area contributed by atoms with Crippen LogP contribution < -0.4 is 0 Å². The highest BCUT2D eigenvalue weighted by Gasteiger charge is 2.19. The summed E-state index contributed by atoms with van der Waals surface area (Å²) < 4.78 is 36.0. The molecule has 0 saturated carbocycles. The molecule has 1 N–H and O–H groups in total. The maximum atomic E-state index is 13.4. The Kier molecular flexibility index (Phi) is 3.52. The van der Waals surface area contributed by atoms with Gasteiger partial charge in [-0.3, -0.25) is 0 Å². The van der Waals surface area contributed by atoms with E-state index in [9.17, 15) is 17.9 Å². The first-order chi connectivity index (χ1) is 6.73. The van der Waals surface area contributed by atoms with Gasteiger partial charge in [-0.2, -0.15) is 0 Å². The highest BCUT2D eigenvalue weighted by atomic mass is 79.9. The van der Waals surface area contributed by atoms with Crippen molar-refractivity contribution in [2.45, 2.75) is 17.9 Å². The molecular weight excluding hydrogens is 287 g/mol. The Morgan fingerprint density at radius 2 is 2.00 bits per heavy atom. The predicted molar refractivity (Wildman–Crippen MR) is 57.8 cm³/mol. The highest BCUT2D eigenvalue weighted by Crippen LogP contribution is 2.28. The zero-order valence-corrected chi connectivity index (χ0v) is 10.6. The third-order valence-corrected chi connectivity index (χ3v) is 3.92. The standard InChI is InChI=1S/C9H10BrFO3S/c1-5(12)6-3-7(10)9(8(11)4-6)15(2,13)14/h3-5,12H,1-2H3. The van der Waals surface area contributed by atoms with E-state index in [2.05, 4.69) is 15.9 Å². The van der Waals surface area contributed by atoms with Gasteiger partial charge in [0.05, 0.1) is 6.10 Å². The van der Waals surface area contributed by atoms with E-state index < -0.39 is 21.8 Å². The molecule has 1 aromatic carbocycles. The molecule has 0 bridgehead atoms. The van der Waals surface area contributed by atoms with Crippen LogP contribution >= 0.6 is 15.9 Å². The molecule has 0 heterocycles. The molecule has 0 saturated heterocycles. The number of hydrogen-bond donors (Lipinski definition) is 1. The minimum atomic E-state index is -3.61. The molecule has 0 amide bonds. The fourth-order valence-corrected chi connectivity index (χ4v) is 3.34. The van der Waals surface area contributed by atoms with Gasteiger partial charge in [-0.1, -0.05) is 0 Å². The smallest absolute Gasteiger partial charge is 0.179 e. The van der Waals surface area contributed by atoms with Gasteiger partial charge in [0, 0.05) is 10.7 Å². The largest absolute Gasteiger partial charge is 0.389 e. The molecule has 1 atom stereocenters. The van der Waals surface area contributed by atoms with Crippen LogP contribution in [0.2, 0.25) is 0 Å². The van der Waals surface area contributed by atoms with Crippen molar-refractivity contribution in [3.8, 4) is 0 Å². The molecule has 3 nitrogen and oxygen atoms in total. The van der Waals surface area contributed by atoms with E-state index in [1.54, 1.807) is 0 Å². The molecule has 0 aliphatic carbocycles. The van der Waals surface area contributed by atoms with Gasteiger partial charge < -0.3 is 5.11 Å². The molecule has 1 rings (SSSR count). The molecule has 0 aromatic heterocycles. The summed E-state index contributed by atoms with van der Waals surface area (Å²) in [6.07, 6.45) is 0.0857. The van der Waals surface area contributed by atoms with Crippen LogP contribution in [0.15, 0.2) is 21.5 Å². The number of benzene rings is 1. The van der Waals surface area contributed by atoms with Crippen molar-refractivity contribution in [3.63, 3.8) is 0 Å². The first kappa shape index (κ1) is 12.6. The first-order valence-corrected chi connectivity index (χ1v) is 6.79. The second-order valence-electron chi connectivity index (χ2n) is 3.26. The van der Waals surface area contributed by atoms with Gasteiger partial charge in [-0.15, -0.1) is 0 Å². The third kappa shape index (κ3) is 2.76. The second kappa shape index (κ2) is 4.19. The predicted octanol–water partition coefficient (Wildman–Crippen LogP) is 2.04. The van der Waals surface area contributed by atoms with Crippen LogP contribution in [0.3, 0.4) is 0 Å². The number of hydrogen-bond acceptors (Lipinski definition) is 3. The molecule has 1 unspecified atom stereocenters. The maximum Gasteiger partial charge on any atom is 0.179 e. The SMILES string of the molecule is CC(O)c1cc(F)c(S(C)(=O)=O)c(Br)c1. The number of halogens is 2. The van der Waals surface area contributed by atoms with Crippen molar-refractivity contribution in [2.75, 3.05) is 6.26 Å². The van der Waals surface area contributed by atoms with E-state index >= 15 is 0 Å². The average molecular weight is 297 g/mol. The van der Waals surface area contributed by atoms with Gasteiger partial charge in [0.1, 0.15) is 10.7 Å². The molecule has 1 aromatic rings. The lowest BCUT2D eigenvalue weighted by atomic mass is 10.1. The van der Waals surface area contributed by atoms with Crippen LogP contribution in [0.4, 0.5) is 4.39 Å². The topological polar surface area (TPSA) is 54.4 Å². The molecule has 6 heteroatoms. The van der Waals surface area contributed by atoms with Crippen LogP contribution in [0.1, 0.15) is 18.6 Å². The number of rotatable bonds is 2. The first-order valence-electron chi connectivity index (χ1n) is 4.10. The molecule has 0 aliphatic heterocycles. The Bertz CT molecular complexity index is 459. The zero-order chi connectivity index (χ0) is 11.8. The monoisotopic (exact) mass is 296 g/mol. The van der Waals surface area contributed by atoms with Gasteiger partial charge in [-0.05, 0) is 40.5 Å². The van der Waals surface area contributed by atoms with E-state index in [-0.39, 0.29) is 9.37 Å². The Labute approximate surface area is 96.0 Å². The summed E-state index contributed by atoms with van der Waals surface area (Å²) >= 11 is 2.97. The van der Waals surface area contributed by atoms with Gasteiger partial charge >= 0.3 is 0 Å². The quantitative estimate of drug-likeness (QED) is 0.909. The van der Waals surface area contributed by atoms with Crippen molar-refractivity contribution in [2.24, 2.45) is 0 Å². The number of sulfone groups is 1. The third-order valence-electron chi connectivity index (χ3n) is 1.87. The summed E-state index contributed by atoms with van der Waals surface area (Å²) in [5, 5.41) is 9.23. The van der Waals surface area contributed by atoms with Crippen molar-refractivity contribution < 1.29 is 17.9 Å². The van der Waals surface area contributed by atoms with Crippen LogP contribution in [0.5, 0.6) is 0 Å². The Hall–Kier alpha value is -0.460.